The Morgan fingerprint density at radius 2 is 2.14 bits per heavy atom. The predicted molar refractivity (Wildman–Crippen MR) is 35.5 cm³/mol. The molecule has 0 aromatic heterocycles. The van der Waals surface area contributed by atoms with Crippen molar-refractivity contribution in [2.24, 2.45) is 0 Å². The summed E-state index contributed by atoms with van der Waals surface area (Å²) in [4.78, 5) is 0. The van der Waals surface area contributed by atoms with E-state index >= 15 is 0 Å². The van der Waals surface area contributed by atoms with E-state index in [-0.39, 0.29) is 0 Å². The minimum absolute atomic E-state index is 1.34. The van der Waals surface area contributed by atoms with E-state index in [1.165, 1.54) is 30.8 Å². The lowest BCUT2D eigenvalue weighted by atomic mass is 10.2. The summed E-state index contributed by atoms with van der Waals surface area (Å²) >= 11 is 2.08. The molecule has 0 nitrogen and oxygen atoms in total. The normalized spacial score (nSPS) is 24.0. The van der Waals surface area contributed by atoms with Gasteiger partial charge in [0.15, 0.2) is 0 Å². The minimum Gasteiger partial charge on any atom is -0.162 e. The van der Waals surface area contributed by atoms with Crippen LogP contribution in [0.3, 0.4) is 0 Å². The second-order valence-electron chi connectivity index (χ2n) is 1.83. The van der Waals surface area contributed by atoms with E-state index in [1.807, 2.05) is 0 Å². The Hall–Kier alpha value is 0.350. The Balaban J connectivity index is 2.04. The van der Waals surface area contributed by atoms with Gasteiger partial charge in [0.25, 0.3) is 0 Å². The third-order valence-corrected chi connectivity index (χ3v) is 2.26. The zero-order valence-corrected chi connectivity index (χ0v) is 5.34. The average molecular weight is 115 g/mol. The lowest BCUT2D eigenvalue weighted by Crippen LogP contribution is -1.72. The van der Waals surface area contributed by atoms with Crippen LogP contribution in [0, 0.1) is 6.42 Å². The largest absolute Gasteiger partial charge is 0.162 e. The van der Waals surface area contributed by atoms with Gasteiger partial charge < -0.3 is 0 Å². The van der Waals surface area contributed by atoms with E-state index in [0.29, 0.717) is 0 Å². The zero-order valence-electron chi connectivity index (χ0n) is 4.52. The molecule has 1 rings (SSSR count). The highest BCUT2D eigenvalue weighted by molar-refractivity contribution is 7.99. The fourth-order valence-electron chi connectivity index (χ4n) is 0.743. The standard InChI is InChI=1S/C6H11S/c1-2-4-6-7-5-3-1/h1H,2-6H2. The molecule has 1 heteroatoms. The molecule has 1 heterocycles. The van der Waals surface area contributed by atoms with Crippen molar-refractivity contribution in [3.05, 3.63) is 6.42 Å². The zero-order chi connectivity index (χ0) is 4.95. The summed E-state index contributed by atoms with van der Waals surface area (Å²) < 4.78 is 0. The van der Waals surface area contributed by atoms with Gasteiger partial charge in [-0.2, -0.15) is 11.8 Å². The summed E-state index contributed by atoms with van der Waals surface area (Å²) in [5, 5.41) is 0. The van der Waals surface area contributed by atoms with Gasteiger partial charge >= 0.3 is 0 Å². The van der Waals surface area contributed by atoms with Crippen molar-refractivity contribution in [3.8, 4) is 0 Å². The molecule has 0 saturated carbocycles. The lowest BCUT2D eigenvalue weighted by Gasteiger charge is -1.86. The van der Waals surface area contributed by atoms with E-state index in [2.05, 4.69) is 18.2 Å². The van der Waals surface area contributed by atoms with E-state index in [1.54, 1.807) is 0 Å². The molecule has 1 radical (unpaired) electrons. The van der Waals surface area contributed by atoms with Crippen LogP contribution in [0.5, 0.6) is 0 Å². The highest BCUT2D eigenvalue weighted by Gasteiger charge is 1.96. The maximum Gasteiger partial charge on any atom is -0.00648 e. The first-order chi connectivity index (χ1) is 3.50. The van der Waals surface area contributed by atoms with Gasteiger partial charge in [0.1, 0.15) is 0 Å². The van der Waals surface area contributed by atoms with Crippen molar-refractivity contribution in [1.29, 1.82) is 0 Å². The van der Waals surface area contributed by atoms with Crippen LogP contribution in [0.25, 0.3) is 0 Å². The van der Waals surface area contributed by atoms with Crippen LogP contribution in [-0.4, -0.2) is 11.5 Å². The quantitative estimate of drug-likeness (QED) is 0.466. The lowest BCUT2D eigenvalue weighted by molar-refractivity contribution is 0.883. The summed E-state index contributed by atoms with van der Waals surface area (Å²) in [6.45, 7) is 0. The van der Waals surface area contributed by atoms with Crippen molar-refractivity contribution >= 4 is 11.8 Å². The maximum atomic E-state index is 2.40. The van der Waals surface area contributed by atoms with Gasteiger partial charge in [-0.05, 0) is 37.2 Å². The van der Waals surface area contributed by atoms with Crippen LogP contribution >= 0.6 is 11.8 Å². The van der Waals surface area contributed by atoms with Crippen LogP contribution in [-0.2, 0) is 0 Å². The van der Waals surface area contributed by atoms with Crippen LogP contribution in [0.4, 0.5) is 0 Å². The third-order valence-electron chi connectivity index (χ3n) is 1.16. The predicted octanol–water partition coefficient (Wildman–Crippen LogP) is 2.11. The molecule has 0 amide bonds. The number of thioether (sulfide) groups is 1. The molecule has 41 valence electrons. The molecule has 0 aliphatic carbocycles. The fraction of sp³-hybridized carbons (Fsp3) is 0.833. The van der Waals surface area contributed by atoms with Crippen molar-refractivity contribution in [2.75, 3.05) is 11.5 Å². The molecule has 0 atom stereocenters. The SMILES string of the molecule is [CH]1CCCSCC1. The molecule has 0 N–H and O–H groups in total. The van der Waals surface area contributed by atoms with Gasteiger partial charge in [-0.15, -0.1) is 0 Å². The molecule has 0 aromatic carbocycles. The summed E-state index contributed by atoms with van der Waals surface area (Å²) in [5.41, 5.74) is 0. The first-order valence-electron chi connectivity index (χ1n) is 2.89. The van der Waals surface area contributed by atoms with Gasteiger partial charge in [0.05, 0.1) is 0 Å². The van der Waals surface area contributed by atoms with Gasteiger partial charge in [-0.1, -0.05) is 0 Å². The van der Waals surface area contributed by atoms with Crippen LogP contribution in [0.1, 0.15) is 19.3 Å². The van der Waals surface area contributed by atoms with Gasteiger partial charge in [0, 0.05) is 0 Å². The molecule has 1 aliphatic heterocycles. The monoisotopic (exact) mass is 115 g/mol. The van der Waals surface area contributed by atoms with Crippen molar-refractivity contribution in [2.45, 2.75) is 19.3 Å². The van der Waals surface area contributed by atoms with Gasteiger partial charge in [-0.3, -0.25) is 0 Å². The summed E-state index contributed by atoms with van der Waals surface area (Å²) in [5.74, 6) is 2.75. The van der Waals surface area contributed by atoms with Crippen molar-refractivity contribution in [3.63, 3.8) is 0 Å². The first-order valence-corrected chi connectivity index (χ1v) is 4.05. The van der Waals surface area contributed by atoms with Crippen molar-refractivity contribution < 1.29 is 0 Å². The Morgan fingerprint density at radius 1 is 1.14 bits per heavy atom. The Bertz CT molecular complexity index is 23.8. The number of hydrogen-bond acceptors (Lipinski definition) is 1. The highest BCUT2D eigenvalue weighted by Crippen LogP contribution is 2.14. The molecule has 1 aliphatic rings. The topological polar surface area (TPSA) is 0 Å². The molecule has 0 aromatic rings. The van der Waals surface area contributed by atoms with Gasteiger partial charge in [0.2, 0.25) is 0 Å². The smallest absolute Gasteiger partial charge is 0.00648 e. The van der Waals surface area contributed by atoms with Gasteiger partial charge in [-0.25, -0.2) is 0 Å². The second-order valence-corrected chi connectivity index (χ2v) is 3.06. The second kappa shape index (κ2) is 3.36. The Labute approximate surface area is 49.7 Å². The van der Waals surface area contributed by atoms with E-state index in [4.69, 9.17) is 0 Å². The van der Waals surface area contributed by atoms with E-state index < -0.39 is 0 Å². The summed E-state index contributed by atoms with van der Waals surface area (Å²) in [7, 11) is 0. The highest BCUT2D eigenvalue weighted by atomic mass is 32.2. The summed E-state index contributed by atoms with van der Waals surface area (Å²) in [6.07, 6.45) is 6.50. The molecule has 1 fully saturated rings. The van der Waals surface area contributed by atoms with Crippen LogP contribution < -0.4 is 0 Å². The molecule has 1 saturated heterocycles. The molecule has 0 bridgehead atoms. The molecular formula is C6H11S. The average Bonchev–Trinajstić information content (AvgIpc) is 1.90. The Morgan fingerprint density at radius 3 is 3.14 bits per heavy atom. The van der Waals surface area contributed by atoms with E-state index in [9.17, 15) is 0 Å². The Kier molecular flexibility index (Phi) is 2.64. The maximum absolute atomic E-state index is 2.40. The first kappa shape index (κ1) is 5.49. The molecule has 0 unspecified atom stereocenters. The third kappa shape index (κ3) is 2.22. The number of rotatable bonds is 0. The van der Waals surface area contributed by atoms with Crippen LogP contribution in [0.2, 0.25) is 0 Å². The summed E-state index contributed by atoms with van der Waals surface area (Å²) in [6, 6.07) is 0. The minimum atomic E-state index is 1.34. The van der Waals surface area contributed by atoms with Crippen LogP contribution in [0.15, 0.2) is 0 Å². The van der Waals surface area contributed by atoms with Crippen molar-refractivity contribution in [1.82, 2.24) is 0 Å². The molecule has 0 spiro atoms. The fourth-order valence-corrected chi connectivity index (χ4v) is 1.65. The molecule has 7 heavy (non-hydrogen) atoms. The molecular weight excluding hydrogens is 104 g/mol. The number of hydrogen-bond donors (Lipinski definition) is 0. The van der Waals surface area contributed by atoms with E-state index in [0.717, 1.165) is 0 Å².